The fraction of sp³-hybridized carbons (Fsp3) is 0.778. The molecule has 1 fully saturated rings. The van der Waals surface area contributed by atoms with E-state index in [2.05, 4.69) is 6.92 Å². The molecule has 0 saturated carbocycles. The normalized spacial score (nSPS) is 18.5. The van der Waals surface area contributed by atoms with Gasteiger partial charge in [-0.3, -0.25) is 0 Å². The zero-order valence-corrected chi connectivity index (χ0v) is 7.35. The van der Waals surface area contributed by atoms with E-state index in [1.807, 2.05) is 0 Å². The molecule has 0 aromatic heterocycles. The highest BCUT2D eigenvalue weighted by Crippen LogP contribution is 2.17. The number of hydrogen-bond donors (Lipinski definition) is 0. The summed E-state index contributed by atoms with van der Waals surface area (Å²) in [6.07, 6.45) is 2.18. The van der Waals surface area contributed by atoms with Gasteiger partial charge < -0.3 is 9.47 Å². The van der Waals surface area contributed by atoms with Gasteiger partial charge in [0.05, 0.1) is 19.8 Å². The Hall–Kier alpha value is -0.340. The third-order valence-corrected chi connectivity index (χ3v) is 2.06. The first-order valence-electron chi connectivity index (χ1n) is 4.08. The lowest BCUT2D eigenvalue weighted by atomic mass is 10.0. The Morgan fingerprint density at radius 2 is 2.09 bits per heavy atom. The van der Waals surface area contributed by atoms with E-state index in [0.29, 0.717) is 0 Å². The predicted molar refractivity (Wildman–Crippen MR) is 44.6 cm³/mol. The van der Waals surface area contributed by atoms with E-state index in [9.17, 15) is 0 Å². The first kappa shape index (κ1) is 8.75. The van der Waals surface area contributed by atoms with E-state index < -0.39 is 0 Å². The zero-order valence-electron chi connectivity index (χ0n) is 7.35. The van der Waals surface area contributed by atoms with Gasteiger partial charge >= 0.3 is 0 Å². The molecule has 0 bridgehead atoms. The number of rotatable bonds is 2. The van der Waals surface area contributed by atoms with E-state index >= 15 is 0 Å². The Kier molecular flexibility index (Phi) is 3.60. The van der Waals surface area contributed by atoms with Gasteiger partial charge in [0.2, 0.25) is 0 Å². The van der Waals surface area contributed by atoms with Crippen molar-refractivity contribution in [3.05, 3.63) is 11.1 Å². The molecule has 2 heteroatoms. The molecule has 2 nitrogen and oxygen atoms in total. The Morgan fingerprint density at radius 1 is 1.45 bits per heavy atom. The molecule has 1 heterocycles. The summed E-state index contributed by atoms with van der Waals surface area (Å²) in [6.45, 7) is 4.69. The number of methoxy groups -OCH3 is 1. The van der Waals surface area contributed by atoms with Gasteiger partial charge in [0, 0.05) is 7.11 Å². The first-order chi connectivity index (χ1) is 5.34. The molecule has 0 aromatic carbocycles. The largest absolute Gasteiger partial charge is 0.381 e. The topological polar surface area (TPSA) is 18.5 Å². The highest BCUT2D eigenvalue weighted by atomic mass is 16.5. The van der Waals surface area contributed by atoms with Crippen LogP contribution in [0.15, 0.2) is 11.1 Å². The molecule has 11 heavy (non-hydrogen) atoms. The molecular weight excluding hydrogens is 140 g/mol. The lowest BCUT2D eigenvalue weighted by Gasteiger charge is -2.17. The highest BCUT2D eigenvalue weighted by molar-refractivity contribution is 5.13. The monoisotopic (exact) mass is 156 g/mol. The minimum absolute atomic E-state index is 0.773. The van der Waals surface area contributed by atoms with E-state index in [1.54, 1.807) is 7.11 Å². The molecule has 1 aliphatic heterocycles. The fourth-order valence-electron chi connectivity index (χ4n) is 1.36. The maximum atomic E-state index is 5.25. The molecule has 0 unspecified atom stereocenters. The van der Waals surface area contributed by atoms with Crippen molar-refractivity contribution in [2.75, 3.05) is 26.9 Å². The fourth-order valence-corrected chi connectivity index (χ4v) is 1.36. The van der Waals surface area contributed by atoms with Crippen molar-refractivity contribution in [3.63, 3.8) is 0 Å². The molecule has 1 saturated heterocycles. The molecular formula is C9H16O2. The van der Waals surface area contributed by atoms with Gasteiger partial charge in [0.15, 0.2) is 0 Å². The van der Waals surface area contributed by atoms with Crippen LogP contribution in [-0.2, 0) is 9.47 Å². The maximum Gasteiger partial charge on any atom is 0.0672 e. The van der Waals surface area contributed by atoms with Crippen LogP contribution in [0.1, 0.15) is 19.8 Å². The van der Waals surface area contributed by atoms with Crippen molar-refractivity contribution < 1.29 is 9.47 Å². The number of hydrogen-bond acceptors (Lipinski definition) is 2. The summed E-state index contributed by atoms with van der Waals surface area (Å²) >= 11 is 0. The van der Waals surface area contributed by atoms with E-state index in [0.717, 1.165) is 32.7 Å². The summed E-state index contributed by atoms with van der Waals surface area (Å²) in [4.78, 5) is 0. The minimum atomic E-state index is 0.773. The lowest BCUT2D eigenvalue weighted by Crippen LogP contribution is -2.10. The van der Waals surface area contributed by atoms with Crippen LogP contribution in [0.4, 0.5) is 0 Å². The van der Waals surface area contributed by atoms with Gasteiger partial charge in [0.25, 0.3) is 0 Å². The molecule has 0 amide bonds. The van der Waals surface area contributed by atoms with Crippen LogP contribution >= 0.6 is 0 Å². The van der Waals surface area contributed by atoms with Crippen LogP contribution in [0.5, 0.6) is 0 Å². The van der Waals surface area contributed by atoms with Crippen LogP contribution in [0.2, 0.25) is 0 Å². The second kappa shape index (κ2) is 4.52. The quantitative estimate of drug-likeness (QED) is 0.567. The van der Waals surface area contributed by atoms with E-state index in [4.69, 9.17) is 9.47 Å². The van der Waals surface area contributed by atoms with Crippen molar-refractivity contribution in [2.45, 2.75) is 19.8 Å². The van der Waals surface area contributed by atoms with Crippen molar-refractivity contribution in [1.82, 2.24) is 0 Å². The van der Waals surface area contributed by atoms with E-state index in [-0.39, 0.29) is 0 Å². The van der Waals surface area contributed by atoms with Crippen molar-refractivity contribution >= 4 is 0 Å². The van der Waals surface area contributed by atoms with Crippen LogP contribution in [-0.4, -0.2) is 26.9 Å². The van der Waals surface area contributed by atoms with Crippen LogP contribution in [0.3, 0.4) is 0 Å². The molecule has 0 aliphatic carbocycles. The van der Waals surface area contributed by atoms with Gasteiger partial charge in [0.1, 0.15) is 0 Å². The summed E-state index contributed by atoms with van der Waals surface area (Å²) in [6, 6.07) is 0. The smallest absolute Gasteiger partial charge is 0.0672 e. The second-order valence-electron chi connectivity index (χ2n) is 2.93. The average molecular weight is 156 g/mol. The summed E-state index contributed by atoms with van der Waals surface area (Å²) < 4.78 is 10.3. The van der Waals surface area contributed by atoms with Crippen molar-refractivity contribution in [2.24, 2.45) is 0 Å². The Morgan fingerprint density at radius 3 is 2.64 bits per heavy atom. The van der Waals surface area contributed by atoms with E-state index in [1.165, 1.54) is 11.1 Å². The third kappa shape index (κ3) is 2.64. The molecule has 0 N–H and O–H groups in total. The van der Waals surface area contributed by atoms with Crippen molar-refractivity contribution in [1.29, 1.82) is 0 Å². The molecule has 1 rings (SSSR count). The molecule has 0 radical (unpaired) electrons. The number of ether oxygens (including phenoxy) is 2. The summed E-state index contributed by atoms with van der Waals surface area (Å²) in [5.74, 6) is 0. The highest BCUT2D eigenvalue weighted by Gasteiger charge is 2.07. The molecule has 1 aliphatic rings. The SMILES string of the molecule is COCC(C)=C1CCOCC1. The average Bonchev–Trinajstić information content (AvgIpc) is 2.07. The third-order valence-electron chi connectivity index (χ3n) is 2.06. The van der Waals surface area contributed by atoms with Gasteiger partial charge in [-0.05, 0) is 25.3 Å². The molecule has 0 atom stereocenters. The molecule has 0 spiro atoms. The predicted octanol–water partition coefficient (Wildman–Crippen LogP) is 1.76. The van der Waals surface area contributed by atoms with Crippen LogP contribution in [0.25, 0.3) is 0 Å². The molecule has 0 aromatic rings. The van der Waals surface area contributed by atoms with Crippen molar-refractivity contribution in [3.8, 4) is 0 Å². The van der Waals surface area contributed by atoms with Gasteiger partial charge in [-0.2, -0.15) is 0 Å². The lowest BCUT2D eigenvalue weighted by molar-refractivity contribution is 0.117. The van der Waals surface area contributed by atoms with Gasteiger partial charge in [-0.1, -0.05) is 5.57 Å². The standard InChI is InChI=1S/C9H16O2/c1-8(7-10-2)9-3-5-11-6-4-9/h3-7H2,1-2H3. The van der Waals surface area contributed by atoms with Gasteiger partial charge in [-0.15, -0.1) is 0 Å². The van der Waals surface area contributed by atoms with Crippen LogP contribution in [0, 0.1) is 0 Å². The minimum Gasteiger partial charge on any atom is -0.381 e. The summed E-state index contributed by atoms with van der Waals surface area (Å²) in [5, 5.41) is 0. The Labute approximate surface area is 68.2 Å². The summed E-state index contributed by atoms with van der Waals surface area (Å²) in [5.41, 5.74) is 2.91. The zero-order chi connectivity index (χ0) is 8.10. The Balaban J connectivity index is 2.46. The Bertz CT molecular complexity index is 142. The maximum absolute atomic E-state index is 5.25. The van der Waals surface area contributed by atoms with Gasteiger partial charge in [-0.25, -0.2) is 0 Å². The second-order valence-corrected chi connectivity index (χ2v) is 2.93. The molecule has 64 valence electrons. The summed E-state index contributed by atoms with van der Waals surface area (Å²) in [7, 11) is 1.74. The van der Waals surface area contributed by atoms with Crippen LogP contribution < -0.4 is 0 Å². The first-order valence-corrected chi connectivity index (χ1v) is 4.08.